The van der Waals surface area contributed by atoms with Crippen LogP contribution < -0.4 is 10.2 Å². The van der Waals surface area contributed by atoms with Crippen LogP contribution in [-0.4, -0.2) is 55.1 Å². The lowest BCUT2D eigenvalue weighted by molar-refractivity contribution is -0.191. The molecule has 1 unspecified atom stereocenters. The van der Waals surface area contributed by atoms with Crippen molar-refractivity contribution >= 4 is 50.4 Å². The lowest BCUT2D eigenvalue weighted by Crippen LogP contribution is -2.59. The summed E-state index contributed by atoms with van der Waals surface area (Å²) in [6.45, 7) is 4.86. The summed E-state index contributed by atoms with van der Waals surface area (Å²) in [4.78, 5) is 25.3. The fourth-order valence-electron chi connectivity index (χ4n) is 2.07. The summed E-state index contributed by atoms with van der Waals surface area (Å²) in [6.07, 6.45) is -6.67. The number of nitrogens with one attached hydrogen (secondary N) is 1. The van der Waals surface area contributed by atoms with E-state index in [-0.39, 0.29) is 9.26 Å². The molecule has 0 spiro atoms. The Hall–Kier alpha value is -1.75. The van der Waals surface area contributed by atoms with Crippen LogP contribution in [0, 0.1) is 3.57 Å². The monoisotopic (exact) mass is 588 g/mol. The fourth-order valence-corrected chi connectivity index (χ4v) is 3.44. The standard InChI is InChI=1S/C16H18F5IN2O6S/c1-14(2,3)30-13(26)24(4)10-6-5-8(7-9(10)22)11(25)23-12(15(17,18)19)16(20,21)31(27,28)29/h5-7,12H,1-4H3,(H,23,25)(H,27,28,29). The number of nitrogens with zero attached hydrogens (tertiary/aromatic N) is 1. The van der Waals surface area contributed by atoms with Gasteiger partial charge in [-0.05, 0) is 61.6 Å². The second kappa shape index (κ2) is 9.01. The molecular weight excluding hydrogens is 570 g/mol. The van der Waals surface area contributed by atoms with E-state index >= 15 is 0 Å². The molecule has 1 aromatic carbocycles. The molecule has 0 radical (unpaired) electrons. The molecule has 176 valence electrons. The number of anilines is 1. The highest BCUT2D eigenvalue weighted by Crippen LogP contribution is 2.36. The van der Waals surface area contributed by atoms with E-state index in [1.807, 2.05) is 0 Å². The summed E-state index contributed by atoms with van der Waals surface area (Å²) in [5.41, 5.74) is -1.16. The number of hydrogen-bond donors (Lipinski definition) is 2. The van der Waals surface area contributed by atoms with Gasteiger partial charge in [-0.2, -0.15) is 30.4 Å². The zero-order chi connectivity index (χ0) is 24.6. The predicted molar refractivity (Wildman–Crippen MR) is 108 cm³/mol. The van der Waals surface area contributed by atoms with E-state index in [4.69, 9.17) is 9.29 Å². The minimum absolute atomic E-state index is 0.170. The van der Waals surface area contributed by atoms with Crippen molar-refractivity contribution in [3.05, 3.63) is 27.3 Å². The number of carbonyl (C=O) groups is 2. The van der Waals surface area contributed by atoms with Gasteiger partial charge in [0.15, 0.2) is 0 Å². The molecule has 0 saturated carbocycles. The highest BCUT2D eigenvalue weighted by atomic mass is 127. The van der Waals surface area contributed by atoms with Crippen LogP contribution in [0.3, 0.4) is 0 Å². The van der Waals surface area contributed by atoms with Crippen LogP contribution in [0.5, 0.6) is 0 Å². The van der Waals surface area contributed by atoms with Gasteiger partial charge in [0, 0.05) is 16.2 Å². The minimum atomic E-state index is -6.49. The Bertz CT molecular complexity index is 962. The third kappa shape index (κ3) is 6.86. The average Bonchev–Trinajstić information content (AvgIpc) is 2.54. The lowest BCUT2D eigenvalue weighted by Gasteiger charge is -2.27. The topological polar surface area (TPSA) is 113 Å². The number of hydrogen-bond acceptors (Lipinski definition) is 5. The molecule has 0 aliphatic carbocycles. The third-order valence-corrected chi connectivity index (χ3v) is 5.31. The van der Waals surface area contributed by atoms with Crippen molar-refractivity contribution in [2.45, 2.75) is 43.8 Å². The zero-order valence-electron chi connectivity index (χ0n) is 16.4. The first-order chi connectivity index (χ1) is 13.7. The van der Waals surface area contributed by atoms with Crippen molar-refractivity contribution in [3.8, 4) is 0 Å². The summed E-state index contributed by atoms with van der Waals surface area (Å²) in [5.74, 6) is -1.69. The van der Waals surface area contributed by atoms with Crippen LogP contribution in [0.4, 0.5) is 32.4 Å². The maximum atomic E-state index is 13.6. The Morgan fingerprint density at radius 1 is 1.16 bits per heavy atom. The Balaban J connectivity index is 3.20. The number of rotatable bonds is 5. The lowest BCUT2D eigenvalue weighted by atomic mass is 10.1. The molecule has 0 aliphatic heterocycles. The van der Waals surface area contributed by atoms with Gasteiger partial charge in [0.25, 0.3) is 5.91 Å². The van der Waals surface area contributed by atoms with E-state index in [9.17, 15) is 40.0 Å². The van der Waals surface area contributed by atoms with Crippen molar-refractivity contribution in [2.24, 2.45) is 0 Å². The van der Waals surface area contributed by atoms with Crippen LogP contribution in [-0.2, 0) is 14.9 Å². The average molecular weight is 588 g/mol. The Morgan fingerprint density at radius 3 is 2.06 bits per heavy atom. The second-order valence-electron chi connectivity index (χ2n) is 7.19. The van der Waals surface area contributed by atoms with E-state index < -0.39 is 50.8 Å². The predicted octanol–water partition coefficient (Wildman–Crippen LogP) is 3.80. The third-order valence-electron chi connectivity index (χ3n) is 3.52. The Morgan fingerprint density at radius 2 is 1.68 bits per heavy atom. The molecule has 1 aromatic rings. The van der Waals surface area contributed by atoms with Crippen LogP contribution in [0.2, 0.25) is 0 Å². The van der Waals surface area contributed by atoms with Gasteiger partial charge in [0.05, 0.1) is 5.69 Å². The maximum Gasteiger partial charge on any atom is 0.415 e. The molecule has 8 nitrogen and oxygen atoms in total. The SMILES string of the molecule is CN(C(=O)OC(C)(C)C)c1ccc(C(=O)NC(C(F)(F)F)C(F)(F)S(=O)(=O)O)cc1I. The number of carbonyl (C=O) groups excluding carboxylic acids is 2. The molecule has 0 saturated heterocycles. The number of halogens is 6. The molecular formula is C16H18F5IN2O6S. The molecule has 0 heterocycles. The molecule has 1 atom stereocenters. The van der Waals surface area contributed by atoms with Crippen LogP contribution in [0.15, 0.2) is 18.2 Å². The summed E-state index contributed by atoms with van der Waals surface area (Å²) in [6, 6.07) is -1.12. The highest BCUT2D eigenvalue weighted by molar-refractivity contribution is 14.1. The molecule has 0 fully saturated rings. The van der Waals surface area contributed by atoms with Crippen LogP contribution in [0.1, 0.15) is 31.1 Å². The van der Waals surface area contributed by atoms with Gasteiger partial charge in [0.2, 0.25) is 6.04 Å². The van der Waals surface area contributed by atoms with Crippen molar-refractivity contribution < 1.29 is 49.2 Å². The molecule has 15 heteroatoms. The second-order valence-corrected chi connectivity index (χ2v) is 9.85. The van der Waals surface area contributed by atoms with Crippen molar-refractivity contribution in [2.75, 3.05) is 11.9 Å². The van der Waals surface area contributed by atoms with Crippen molar-refractivity contribution in [3.63, 3.8) is 0 Å². The molecule has 31 heavy (non-hydrogen) atoms. The van der Waals surface area contributed by atoms with Gasteiger partial charge in [-0.15, -0.1) is 0 Å². The van der Waals surface area contributed by atoms with Gasteiger partial charge in [-0.25, -0.2) is 4.79 Å². The van der Waals surface area contributed by atoms with E-state index in [1.165, 1.54) is 7.05 Å². The van der Waals surface area contributed by atoms with Gasteiger partial charge in [-0.3, -0.25) is 14.2 Å². The first kappa shape index (κ1) is 27.3. The van der Waals surface area contributed by atoms with Gasteiger partial charge < -0.3 is 10.1 Å². The van der Waals surface area contributed by atoms with Gasteiger partial charge >= 0.3 is 27.6 Å². The summed E-state index contributed by atoms with van der Waals surface area (Å²) >= 11 is 1.65. The van der Waals surface area contributed by atoms with Crippen LogP contribution >= 0.6 is 22.6 Å². The summed E-state index contributed by atoms with van der Waals surface area (Å²) < 4.78 is 101. The first-order valence-corrected chi connectivity index (χ1v) is 10.7. The number of amides is 2. The first-order valence-electron chi connectivity index (χ1n) is 8.17. The van der Waals surface area contributed by atoms with Gasteiger partial charge in [-0.1, -0.05) is 0 Å². The van der Waals surface area contributed by atoms with Gasteiger partial charge in [0.1, 0.15) is 5.60 Å². The molecule has 0 bridgehead atoms. The number of ether oxygens (including phenoxy) is 1. The Kier molecular flexibility index (Phi) is 7.93. The van der Waals surface area contributed by atoms with E-state index in [0.29, 0.717) is 0 Å². The molecule has 1 rings (SSSR count). The fraction of sp³-hybridized carbons (Fsp3) is 0.500. The number of benzene rings is 1. The van der Waals surface area contributed by atoms with Crippen LogP contribution in [0.25, 0.3) is 0 Å². The van der Waals surface area contributed by atoms with Crippen molar-refractivity contribution in [1.29, 1.82) is 0 Å². The van der Waals surface area contributed by atoms with E-state index in [1.54, 1.807) is 43.4 Å². The van der Waals surface area contributed by atoms with Crippen molar-refractivity contribution in [1.82, 2.24) is 5.32 Å². The smallest absolute Gasteiger partial charge is 0.415 e. The van der Waals surface area contributed by atoms with E-state index in [2.05, 4.69) is 0 Å². The minimum Gasteiger partial charge on any atom is -0.443 e. The zero-order valence-corrected chi connectivity index (χ0v) is 19.4. The summed E-state index contributed by atoms with van der Waals surface area (Å²) in [5, 5.41) is -4.84. The summed E-state index contributed by atoms with van der Waals surface area (Å²) in [7, 11) is -5.16. The molecule has 0 aliphatic rings. The highest BCUT2D eigenvalue weighted by Gasteiger charge is 2.64. The molecule has 0 aromatic heterocycles. The Labute approximate surface area is 188 Å². The maximum absolute atomic E-state index is 13.6. The molecule has 2 N–H and O–H groups in total. The largest absolute Gasteiger partial charge is 0.443 e. The quantitative estimate of drug-likeness (QED) is 0.308. The molecule has 2 amide bonds. The van der Waals surface area contributed by atoms with E-state index in [0.717, 1.165) is 28.4 Å². The normalized spacial score (nSPS) is 14.0. The number of alkyl halides is 5.